The molecule has 0 fully saturated rings. The molecule has 0 unspecified atom stereocenters. The van der Waals surface area contributed by atoms with Crippen molar-refractivity contribution >= 4 is 22.4 Å². The van der Waals surface area contributed by atoms with Crippen molar-refractivity contribution in [2.75, 3.05) is 17.6 Å². The highest BCUT2D eigenvalue weighted by Gasteiger charge is 2.17. The second kappa shape index (κ2) is 5.35. The van der Waals surface area contributed by atoms with Gasteiger partial charge in [0.2, 0.25) is 0 Å². The van der Waals surface area contributed by atoms with Crippen LogP contribution in [0.25, 0.3) is 0 Å². The highest BCUT2D eigenvalue weighted by atomic mass is 32.1. The summed E-state index contributed by atoms with van der Waals surface area (Å²) in [5.74, 6) is 2.69. The Labute approximate surface area is 96.2 Å². The smallest absolute Gasteiger partial charge is 0.139 e. The van der Waals surface area contributed by atoms with Gasteiger partial charge in [0.25, 0.3) is 0 Å². The van der Waals surface area contributed by atoms with Crippen molar-refractivity contribution in [1.82, 2.24) is 4.37 Å². The molecule has 1 rings (SSSR count). The molecule has 3 nitrogen and oxygen atoms in total. The van der Waals surface area contributed by atoms with Crippen LogP contribution in [0.4, 0.5) is 10.8 Å². The van der Waals surface area contributed by atoms with E-state index in [1.807, 2.05) is 6.07 Å². The molecule has 1 heterocycles. The molecule has 0 aromatic carbocycles. The lowest BCUT2D eigenvalue weighted by Gasteiger charge is -2.24. The van der Waals surface area contributed by atoms with Crippen LogP contribution >= 0.6 is 11.5 Å². The molecule has 0 bridgehead atoms. The number of hydrogen-bond donors (Lipinski definition) is 2. The van der Waals surface area contributed by atoms with Gasteiger partial charge >= 0.3 is 0 Å². The molecule has 0 atom stereocenters. The lowest BCUT2D eigenvalue weighted by Crippen LogP contribution is -2.24. The van der Waals surface area contributed by atoms with Crippen LogP contribution in [0, 0.1) is 17.8 Å². The minimum atomic E-state index is 0.605. The van der Waals surface area contributed by atoms with Gasteiger partial charge in [-0.1, -0.05) is 27.7 Å². The van der Waals surface area contributed by atoms with Crippen LogP contribution in [0.2, 0.25) is 0 Å². The maximum atomic E-state index is 5.56. The van der Waals surface area contributed by atoms with Crippen LogP contribution in [-0.4, -0.2) is 10.9 Å². The van der Waals surface area contributed by atoms with E-state index in [4.69, 9.17) is 5.73 Å². The molecule has 0 aliphatic carbocycles. The number of rotatable bonds is 5. The van der Waals surface area contributed by atoms with Crippen molar-refractivity contribution in [3.05, 3.63) is 6.07 Å². The largest absolute Gasteiger partial charge is 0.383 e. The number of anilines is 2. The third-order valence-electron chi connectivity index (χ3n) is 2.75. The van der Waals surface area contributed by atoms with Gasteiger partial charge in [0.15, 0.2) is 0 Å². The monoisotopic (exact) mass is 227 g/mol. The van der Waals surface area contributed by atoms with E-state index in [1.54, 1.807) is 0 Å². The normalized spacial score (nSPS) is 11.7. The zero-order valence-electron chi connectivity index (χ0n) is 9.95. The summed E-state index contributed by atoms with van der Waals surface area (Å²) in [5.41, 5.74) is 5.56. The molecule has 0 spiro atoms. The Bertz CT molecular complexity index is 286. The summed E-state index contributed by atoms with van der Waals surface area (Å²) in [7, 11) is 0. The van der Waals surface area contributed by atoms with E-state index in [0.29, 0.717) is 23.6 Å². The van der Waals surface area contributed by atoms with Gasteiger partial charge in [-0.2, -0.15) is 4.37 Å². The molecule has 1 aromatic rings. The van der Waals surface area contributed by atoms with E-state index in [9.17, 15) is 0 Å². The van der Waals surface area contributed by atoms with E-state index in [2.05, 4.69) is 37.4 Å². The first-order chi connectivity index (χ1) is 7.00. The predicted molar refractivity (Wildman–Crippen MR) is 68.2 cm³/mol. The summed E-state index contributed by atoms with van der Waals surface area (Å²) < 4.78 is 4.04. The van der Waals surface area contributed by atoms with Gasteiger partial charge in [-0.15, -0.1) is 0 Å². The molecule has 0 aliphatic rings. The maximum absolute atomic E-state index is 5.56. The van der Waals surface area contributed by atoms with Crippen molar-refractivity contribution in [2.45, 2.75) is 27.7 Å². The number of nitrogens with one attached hydrogen (secondary N) is 1. The summed E-state index contributed by atoms with van der Waals surface area (Å²) in [5, 5.41) is 4.47. The maximum Gasteiger partial charge on any atom is 0.139 e. The van der Waals surface area contributed by atoms with Gasteiger partial charge in [-0.3, -0.25) is 0 Å². The number of nitrogen functional groups attached to an aromatic ring is 1. The average Bonchev–Trinajstić information content (AvgIpc) is 2.50. The number of nitrogens with zero attached hydrogens (tertiary/aromatic N) is 1. The van der Waals surface area contributed by atoms with E-state index in [0.717, 1.165) is 11.5 Å². The molecular weight excluding hydrogens is 206 g/mol. The van der Waals surface area contributed by atoms with Gasteiger partial charge in [-0.05, 0) is 29.3 Å². The van der Waals surface area contributed by atoms with Crippen LogP contribution < -0.4 is 11.1 Å². The first-order valence-corrected chi connectivity index (χ1v) is 6.24. The van der Waals surface area contributed by atoms with Gasteiger partial charge in [0.05, 0.1) is 0 Å². The summed E-state index contributed by atoms with van der Waals surface area (Å²) in [4.78, 5) is 0. The number of hydrogen-bond acceptors (Lipinski definition) is 4. The second-order valence-electron chi connectivity index (χ2n) is 4.65. The fraction of sp³-hybridized carbons (Fsp3) is 0.727. The Morgan fingerprint density at radius 2 is 1.93 bits per heavy atom. The summed E-state index contributed by atoms with van der Waals surface area (Å²) >= 11 is 1.43. The van der Waals surface area contributed by atoms with E-state index in [1.165, 1.54) is 11.5 Å². The second-order valence-corrected chi connectivity index (χ2v) is 5.45. The molecule has 0 amide bonds. The van der Waals surface area contributed by atoms with Crippen molar-refractivity contribution in [2.24, 2.45) is 17.8 Å². The first-order valence-electron chi connectivity index (χ1n) is 5.46. The average molecular weight is 227 g/mol. The Balaban J connectivity index is 2.47. The Hall–Kier alpha value is -0.770. The minimum Gasteiger partial charge on any atom is -0.383 e. The highest BCUT2D eigenvalue weighted by molar-refractivity contribution is 7.10. The van der Waals surface area contributed by atoms with Crippen LogP contribution in [0.1, 0.15) is 27.7 Å². The third-order valence-corrected chi connectivity index (χ3v) is 3.51. The zero-order chi connectivity index (χ0) is 11.4. The number of nitrogens with two attached hydrogens (primary N) is 1. The SMILES string of the molecule is CC(C)C(CNc1cc(N)ns1)C(C)C. The Morgan fingerprint density at radius 3 is 2.33 bits per heavy atom. The predicted octanol–water partition coefficient (Wildman–Crippen LogP) is 3.07. The fourth-order valence-electron chi connectivity index (χ4n) is 1.83. The lowest BCUT2D eigenvalue weighted by molar-refractivity contribution is 0.304. The van der Waals surface area contributed by atoms with E-state index < -0.39 is 0 Å². The molecule has 0 saturated carbocycles. The van der Waals surface area contributed by atoms with Crippen LogP contribution in [-0.2, 0) is 0 Å². The summed E-state index contributed by atoms with van der Waals surface area (Å²) in [6.07, 6.45) is 0. The van der Waals surface area contributed by atoms with Crippen LogP contribution in [0.3, 0.4) is 0 Å². The van der Waals surface area contributed by atoms with Crippen molar-refractivity contribution in [3.63, 3.8) is 0 Å². The van der Waals surface area contributed by atoms with Gasteiger partial charge in [0, 0.05) is 12.6 Å². The van der Waals surface area contributed by atoms with Gasteiger partial charge in [0.1, 0.15) is 10.8 Å². The molecule has 86 valence electrons. The molecule has 15 heavy (non-hydrogen) atoms. The standard InChI is InChI=1S/C11H21N3S/c1-7(2)9(8(3)4)6-13-11-5-10(12)14-15-11/h5,7-9,13H,6H2,1-4H3,(H2,12,14). The quantitative estimate of drug-likeness (QED) is 0.813. The first kappa shape index (κ1) is 12.3. The van der Waals surface area contributed by atoms with Crippen LogP contribution in [0.15, 0.2) is 6.07 Å². The van der Waals surface area contributed by atoms with E-state index in [-0.39, 0.29) is 0 Å². The van der Waals surface area contributed by atoms with Crippen molar-refractivity contribution in [1.29, 1.82) is 0 Å². The van der Waals surface area contributed by atoms with Crippen LogP contribution in [0.5, 0.6) is 0 Å². The van der Waals surface area contributed by atoms with Crippen molar-refractivity contribution < 1.29 is 0 Å². The third kappa shape index (κ3) is 3.70. The molecule has 0 saturated heterocycles. The van der Waals surface area contributed by atoms with Crippen molar-refractivity contribution in [3.8, 4) is 0 Å². The zero-order valence-corrected chi connectivity index (χ0v) is 10.8. The van der Waals surface area contributed by atoms with E-state index >= 15 is 0 Å². The lowest BCUT2D eigenvalue weighted by atomic mass is 9.85. The Kier molecular flexibility index (Phi) is 4.39. The highest BCUT2D eigenvalue weighted by Crippen LogP contribution is 2.23. The molecule has 4 heteroatoms. The molecule has 1 aromatic heterocycles. The summed E-state index contributed by atoms with van der Waals surface area (Å²) in [6.45, 7) is 10.1. The Morgan fingerprint density at radius 1 is 1.33 bits per heavy atom. The topological polar surface area (TPSA) is 50.9 Å². The molecule has 3 N–H and O–H groups in total. The van der Waals surface area contributed by atoms with Gasteiger partial charge < -0.3 is 11.1 Å². The summed E-state index contributed by atoms with van der Waals surface area (Å²) in [6, 6.07) is 1.89. The molecular formula is C11H21N3S. The minimum absolute atomic E-state index is 0.605. The fourth-order valence-corrected chi connectivity index (χ4v) is 2.41. The van der Waals surface area contributed by atoms with Gasteiger partial charge in [-0.25, -0.2) is 0 Å². The molecule has 0 aliphatic heterocycles. The molecule has 0 radical (unpaired) electrons. The number of aromatic nitrogens is 1.